The second-order valence-corrected chi connectivity index (χ2v) is 2.92. The van der Waals surface area contributed by atoms with Gasteiger partial charge in [0.1, 0.15) is 0 Å². The maximum Gasteiger partial charge on any atom is 0.0621 e. The summed E-state index contributed by atoms with van der Waals surface area (Å²) in [5.74, 6) is 0. The van der Waals surface area contributed by atoms with Crippen LogP contribution in [0.1, 0.15) is 18.4 Å². The summed E-state index contributed by atoms with van der Waals surface area (Å²) in [7, 11) is 0. The summed E-state index contributed by atoms with van der Waals surface area (Å²) in [4.78, 5) is 0. The second-order valence-electron chi connectivity index (χ2n) is 2.14. The van der Waals surface area contributed by atoms with Crippen molar-refractivity contribution in [3.63, 3.8) is 0 Å². The van der Waals surface area contributed by atoms with E-state index in [1.165, 1.54) is 5.56 Å². The highest BCUT2D eigenvalue weighted by Gasteiger charge is 1.90. The van der Waals surface area contributed by atoms with E-state index >= 15 is 0 Å². The van der Waals surface area contributed by atoms with Crippen LogP contribution in [0, 0.1) is 11.3 Å². The van der Waals surface area contributed by atoms with Gasteiger partial charge in [-0.2, -0.15) is 16.6 Å². The van der Waals surface area contributed by atoms with E-state index in [0.29, 0.717) is 6.42 Å². The summed E-state index contributed by atoms with van der Waals surface area (Å²) in [6.07, 6.45) is 2.72. The van der Waals surface area contributed by atoms with Crippen molar-refractivity contribution in [3.05, 3.63) is 22.4 Å². The molecule has 0 N–H and O–H groups in total. The first kappa shape index (κ1) is 7.30. The third-order valence-electron chi connectivity index (χ3n) is 1.33. The zero-order chi connectivity index (χ0) is 7.23. The number of unbranched alkanes of at least 4 members (excludes halogenated alkanes) is 1. The first-order valence-corrected chi connectivity index (χ1v) is 4.26. The molecule has 52 valence electrons. The number of aryl methyl sites for hydroxylation is 1. The van der Waals surface area contributed by atoms with Crippen LogP contribution in [0.2, 0.25) is 0 Å². The van der Waals surface area contributed by atoms with E-state index in [1.54, 1.807) is 11.3 Å². The highest BCUT2D eigenvalue weighted by Crippen LogP contribution is 2.08. The van der Waals surface area contributed by atoms with Crippen molar-refractivity contribution in [3.8, 4) is 6.07 Å². The molecule has 0 radical (unpaired) electrons. The van der Waals surface area contributed by atoms with Crippen LogP contribution in [0.25, 0.3) is 0 Å². The van der Waals surface area contributed by atoms with Crippen molar-refractivity contribution in [2.24, 2.45) is 0 Å². The molecule has 0 spiro atoms. The van der Waals surface area contributed by atoms with Crippen molar-refractivity contribution in [1.29, 1.82) is 5.26 Å². The average Bonchev–Trinajstić information content (AvgIpc) is 2.41. The third kappa shape index (κ3) is 2.20. The number of nitrogens with zero attached hydrogens (tertiary/aromatic N) is 1. The lowest BCUT2D eigenvalue weighted by Crippen LogP contribution is -1.78. The number of thiophene rings is 1. The van der Waals surface area contributed by atoms with Crippen molar-refractivity contribution < 1.29 is 0 Å². The molecule has 2 heteroatoms. The van der Waals surface area contributed by atoms with E-state index in [2.05, 4.69) is 22.9 Å². The molecule has 1 heterocycles. The molecule has 0 bridgehead atoms. The van der Waals surface area contributed by atoms with Gasteiger partial charge in [0.05, 0.1) is 6.07 Å². The smallest absolute Gasteiger partial charge is 0.0621 e. The summed E-state index contributed by atoms with van der Waals surface area (Å²) in [5, 5.41) is 12.5. The van der Waals surface area contributed by atoms with Crippen molar-refractivity contribution in [2.75, 3.05) is 0 Å². The quantitative estimate of drug-likeness (QED) is 0.609. The van der Waals surface area contributed by atoms with Crippen LogP contribution in [-0.4, -0.2) is 0 Å². The molecule has 0 amide bonds. The molecule has 1 aromatic heterocycles. The Morgan fingerprint density at radius 1 is 1.60 bits per heavy atom. The maximum absolute atomic E-state index is 8.25. The van der Waals surface area contributed by atoms with Crippen molar-refractivity contribution >= 4 is 11.3 Å². The molecule has 1 nitrogen and oxygen atoms in total. The highest BCUT2D eigenvalue weighted by atomic mass is 32.1. The molecule has 0 aliphatic carbocycles. The number of rotatable bonds is 3. The van der Waals surface area contributed by atoms with Gasteiger partial charge in [-0.1, -0.05) is 0 Å². The van der Waals surface area contributed by atoms with Gasteiger partial charge in [0.15, 0.2) is 0 Å². The summed E-state index contributed by atoms with van der Waals surface area (Å²) < 4.78 is 0. The van der Waals surface area contributed by atoms with E-state index in [4.69, 9.17) is 5.26 Å². The van der Waals surface area contributed by atoms with E-state index < -0.39 is 0 Å². The Bertz CT molecular complexity index is 208. The topological polar surface area (TPSA) is 23.8 Å². The SMILES string of the molecule is N#CCCCc1ccsc1. The normalized spacial score (nSPS) is 9.10. The number of hydrogen-bond acceptors (Lipinski definition) is 2. The molecular formula is C8H9NS. The monoisotopic (exact) mass is 151 g/mol. The molecule has 0 atom stereocenters. The Labute approximate surface area is 64.9 Å². The third-order valence-corrected chi connectivity index (χ3v) is 2.07. The molecular weight excluding hydrogens is 142 g/mol. The Morgan fingerprint density at radius 3 is 3.10 bits per heavy atom. The summed E-state index contributed by atoms with van der Waals surface area (Å²) in [6, 6.07) is 4.25. The average molecular weight is 151 g/mol. The van der Waals surface area contributed by atoms with Gasteiger partial charge in [-0.25, -0.2) is 0 Å². The minimum Gasteiger partial charge on any atom is -0.198 e. The van der Waals surface area contributed by atoms with Gasteiger partial charge in [0, 0.05) is 6.42 Å². The summed E-state index contributed by atoms with van der Waals surface area (Å²) in [5.41, 5.74) is 1.36. The number of hydrogen-bond donors (Lipinski definition) is 0. The molecule has 1 rings (SSSR count). The fourth-order valence-corrected chi connectivity index (χ4v) is 1.51. The van der Waals surface area contributed by atoms with Gasteiger partial charge in [-0.05, 0) is 35.2 Å². The largest absolute Gasteiger partial charge is 0.198 e. The lowest BCUT2D eigenvalue weighted by molar-refractivity contribution is 0.853. The predicted molar refractivity (Wildman–Crippen MR) is 42.9 cm³/mol. The Kier molecular flexibility index (Phi) is 2.98. The summed E-state index contributed by atoms with van der Waals surface area (Å²) in [6.45, 7) is 0. The first-order chi connectivity index (χ1) is 4.93. The molecule has 0 saturated heterocycles. The predicted octanol–water partition coefficient (Wildman–Crippen LogP) is 2.59. The zero-order valence-electron chi connectivity index (χ0n) is 5.71. The fraction of sp³-hybridized carbons (Fsp3) is 0.375. The van der Waals surface area contributed by atoms with Crippen LogP contribution >= 0.6 is 11.3 Å². The lowest BCUT2D eigenvalue weighted by atomic mass is 10.2. The number of nitriles is 1. The van der Waals surface area contributed by atoms with E-state index in [0.717, 1.165) is 12.8 Å². The Balaban J connectivity index is 2.23. The van der Waals surface area contributed by atoms with E-state index in [-0.39, 0.29) is 0 Å². The molecule has 10 heavy (non-hydrogen) atoms. The van der Waals surface area contributed by atoms with Crippen LogP contribution in [0.15, 0.2) is 16.8 Å². The minimum atomic E-state index is 0.676. The minimum absolute atomic E-state index is 0.676. The van der Waals surface area contributed by atoms with Crippen molar-refractivity contribution in [1.82, 2.24) is 0 Å². The molecule has 0 fully saturated rings. The van der Waals surface area contributed by atoms with Gasteiger partial charge < -0.3 is 0 Å². The zero-order valence-corrected chi connectivity index (χ0v) is 6.53. The van der Waals surface area contributed by atoms with Crippen LogP contribution < -0.4 is 0 Å². The van der Waals surface area contributed by atoms with Gasteiger partial charge >= 0.3 is 0 Å². The molecule has 1 aromatic rings. The lowest BCUT2D eigenvalue weighted by Gasteiger charge is -1.89. The Morgan fingerprint density at radius 2 is 2.50 bits per heavy atom. The van der Waals surface area contributed by atoms with Gasteiger partial charge in [-0.3, -0.25) is 0 Å². The standard InChI is InChI=1S/C8H9NS/c9-5-2-1-3-8-4-6-10-7-8/h4,6-7H,1-3H2. The molecule has 0 aliphatic heterocycles. The summed E-state index contributed by atoms with van der Waals surface area (Å²) >= 11 is 1.71. The molecule has 0 unspecified atom stereocenters. The van der Waals surface area contributed by atoms with E-state index in [1.807, 2.05) is 0 Å². The van der Waals surface area contributed by atoms with Crippen molar-refractivity contribution in [2.45, 2.75) is 19.3 Å². The second kappa shape index (κ2) is 4.08. The van der Waals surface area contributed by atoms with Crippen LogP contribution in [0.3, 0.4) is 0 Å². The highest BCUT2D eigenvalue weighted by molar-refractivity contribution is 7.07. The van der Waals surface area contributed by atoms with E-state index in [9.17, 15) is 0 Å². The molecule has 0 aliphatic rings. The maximum atomic E-state index is 8.25. The van der Waals surface area contributed by atoms with Gasteiger partial charge in [0.25, 0.3) is 0 Å². The van der Waals surface area contributed by atoms with Crippen LogP contribution in [0.4, 0.5) is 0 Å². The first-order valence-electron chi connectivity index (χ1n) is 3.31. The molecule has 0 saturated carbocycles. The Hall–Kier alpha value is -0.810. The van der Waals surface area contributed by atoms with Crippen LogP contribution in [0.5, 0.6) is 0 Å². The molecule has 0 aromatic carbocycles. The van der Waals surface area contributed by atoms with Gasteiger partial charge in [0.2, 0.25) is 0 Å². The van der Waals surface area contributed by atoms with Crippen LogP contribution in [-0.2, 0) is 6.42 Å². The van der Waals surface area contributed by atoms with Gasteiger partial charge in [-0.15, -0.1) is 0 Å². The fourth-order valence-electron chi connectivity index (χ4n) is 0.806.